The van der Waals surface area contributed by atoms with E-state index in [1.807, 2.05) is 46.8 Å². The molecule has 0 radical (unpaired) electrons. The topological polar surface area (TPSA) is 65.7 Å². The van der Waals surface area contributed by atoms with Gasteiger partial charge in [0.25, 0.3) is 0 Å². The predicted octanol–water partition coefficient (Wildman–Crippen LogP) is 6.74. The number of carbonyl (C=O) groups excluding carboxylic acids is 2. The third-order valence-corrected chi connectivity index (χ3v) is 4.81. The lowest BCUT2D eigenvalue weighted by Gasteiger charge is -2.19. The van der Waals surface area contributed by atoms with Crippen molar-refractivity contribution in [1.29, 1.82) is 0 Å². The summed E-state index contributed by atoms with van der Waals surface area (Å²) in [6, 6.07) is 12.5. The maximum absolute atomic E-state index is 13.3. The van der Waals surface area contributed by atoms with Crippen LogP contribution >= 0.6 is 15.9 Å². The van der Waals surface area contributed by atoms with Crippen molar-refractivity contribution in [2.45, 2.75) is 53.1 Å². The van der Waals surface area contributed by atoms with Gasteiger partial charge in [-0.05, 0) is 63.2 Å². The van der Waals surface area contributed by atoms with Gasteiger partial charge in [-0.15, -0.1) is 0 Å². The highest BCUT2D eigenvalue weighted by Gasteiger charge is 2.24. The molecule has 0 N–H and O–H groups in total. The van der Waals surface area contributed by atoms with E-state index in [2.05, 4.69) is 15.9 Å². The predicted molar refractivity (Wildman–Crippen MR) is 126 cm³/mol. The van der Waals surface area contributed by atoms with Crippen LogP contribution in [0, 0.1) is 0 Å². The molecule has 0 atom stereocenters. The highest BCUT2D eigenvalue weighted by Crippen LogP contribution is 2.32. The highest BCUT2D eigenvalue weighted by atomic mass is 79.9. The Labute approximate surface area is 191 Å². The monoisotopic (exact) mass is 488 g/mol. The van der Waals surface area contributed by atoms with Crippen molar-refractivity contribution in [3.63, 3.8) is 0 Å². The molecule has 0 saturated heterocycles. The van der Waals surface area contributed by atoms with Crippen molar-refractivity contribution in [3.05, 3.63) is 63.8 Å². The summed E-state index contributed by atoms with van der Waals surface area (Å²) in [6.07, 6.45) is 0.387. The minimum atomic E-state index is -0.561. The van der Waals surface area contributed by atoms with Gasteiger partial charge in [0.2, 0.25) is 0 Å². The number of halogens is 1. The van der Waals surface area contributed by atoms with Gasteiger partial charge in [-0.2, -0.15) is 0 Å². The molecule has 6 heteroatoms. The van der Waals surface area contributed by atoms with Crippen molar-refractivity contribution in [1.82, 2.24) is 0 Å². The van der Waals surface area contributed by atoms with Crippen LogP contribution in [0.1, 0.15) is 62.7 Å². The molecule has 0 unspecified atom stereocenters. The van der Waals surface area contributed by atoms with Gasteiger partial charge in [0.1, 0.15) is 22.7 Å². The van der Waals surface area contributed by atoms with E-state index in [0.29, 0.717) is 33.6 Å². The maximum Gasteiger partial charge on any atom is 0.306 e. The lowest BCUT2D eigenvalue weighted by Crippen LogP contribution is -2.24. The van der Waals surface area contributed by atoms with E-state index in [1.54, 1.807) is 37.4 Å². The molecule has 0 saturated carbocycles. The second-order valence-electron chi connectivity index (χ2n) is 7.68. The average Bonchev–Trinajstić information content (AvgIpc) is 3.10. The molecular weight excluding hydrogens is 460 g/mol. The molecule has 3 rings (SSSR count). The van der Waals surface area contributed by atoms with Gasteiger partial charge in [0.15, 0.2) is 5.78 Å². The Kier molecular flexibility index (Phi) is 8.45. The van der Waals surface area contributed by atoms with E-state index in [4.69, 9.17) is 13.9 Å². The Bertz CT molecular complexity index is 1040. The fourth-order valence-corrected chi connectivity index (χ4v) is 3.30. The van der Waals surface area contributed by atoms with Crippen LogP contribution in [-0.4, -0.2) is 24.5 Å². The zero-order chi connectivity index (χ0) is 23.2. The molecule has 0 aliphatic heterocycles. The van der Waals surface area contributed by atoms with Crippen LogP contribution in [0.3, 0.4) is 0 Å². The molecule has 2 aromatic carbocycles. The molecular formula is C25H29BrO5. The number of hydrogen-bond donors (Lipinski definition) is 0. The second kappa shape index (κ2) is 10.6. The number of rotatable bonds is 6. The third kappa shape index (κ3) is 6.44. The number of furan rings is 1. The number of hydrogen-bond acceptors (Lipinski definition) is 5. The minimum absolute atomic E-state index is 0.120. The van der Waals surface area contributed by atoms with Gasteiger partial charge >= 0.3 is 5.97 Å². The van der Waals surface area contributed by atoms with Gasteiger partial charge in [-0.25, -0.2) is 0 Å². The van der Waals surface area contributed by atoms with E-state index >= 15 is 0 Å². The van der Waals surface area contributed by atoms with Crippen LogP contribution in [-0.2, 0) is 16.0 Å². The number of ether oxygens (including phenoxy) is 2. The molecule has 0 amide bonds. The molecule has 3 aromatic rings. The van der Waals surface area contributed by atoms with E-state index in [1.165, 1.54) is 0 Å². The first-order chi connectivity index (χ1) is 14.7. The Morgan fingerprint density at radius 1 is 1.03 bits per heavy atom. The lowest BCUT2D eigenvalue weighted by atomic mass is 9.98. The first-order valence-electron chi connectivity index (χ1n) is 10.3. The minimum Gasteiger partial charge on any atom is -0.497 e. The lowest BCUT2D eigenvalue weighted by molar-refractivity contribution is -0.154. The normalized spacial score (nSPS) is 10.9. The van der Waals surface area contributed by atoms with Crippen LogP contribution in [0.15, 0.2) is 51.4 Å². The molecule has 166 valence electrons. The molecule has 0 aliphatic carbocycles. The summed E-state index contributed by atoms with van der Waals surface area (Å²) in [7, 11) is 1.57. The summed E-state index contributed by atoms with van der Waals surface area (Å²) in [5.41, 5.74) is 1.00. The average molecular weight is 489 g/mol. The van der Waals surface area contributed by atoms with E-state index in [-0.39, 0.29) is 24.6 Å². The van der Waals surface area contributed by atoms with Crippen molar-refractivity contribution in [2.24, 2.45) is 0 Å². The number of aryl methyl sites for hydroxylation is 1. The zero-order valence-electron chi connectivity index (χ0n) is 18.9. The van der Waals surface area contributed by atoms with Crippen LogP contribution in [0.4, 0.5) is 0 Å². The fourth-order valence-electron chi connectivity index (χ4n) is 3.03. The number of ketones is 1. The maximum atomic E-state index is 13.3. The molecule has 0 fully saturated rings. The van der Waals surface area contributed by atoms with E-state index in [0.717, 1.165) is 4.47 Å². The molecule has 31 heavy (non-hydrogen) atoms. The molecule has 0 bridgehead atoms. The van der Waals surface area contributed by atoms with Gasteiger partial charge in [-0.1, -0.05) is 29.8 Å². The zero-order valence-corrected chi connectivity index (χ0v) is 20.5. The van der Waals surface area contributed by atoms with Crippen molar-refractivity contribution in [3.8, 4) is 5.75 Å². The standard InChI is InChI=1S/C23H23BrO5.C2H6/c1-23(2,3)29-20(25)12-11-19-21(22(26)14-5-7-15(24)8-6-14)17-13-16(27-4)9-10-18(17)28-19;1-2/h5-10,13H,11-12H2,1-4H3;1-2H3. The molecule has 1 aromatic heterocycles. The van der Waals surface area contributed by atoms with Gasteiger partial charge in [-0.3, -0.25) is 9.59 Å². The van der Waals surface area contributed by atoms with Crippen molar-refractivity contribution in [2.75, 3.05) is 7.11 Å². The van der Waals surface area contributed by atoms with Crippen LogP contribution in [0.2, 0.25) is 0 Å². The Hall–Kier alpha value is -2.60. The Balaban J connectivity index is 0.00000166. The number of fused-ring (bicyclic) bond motifs is 1. The van der Waals surface area contributed by atoms with E-state index in [9.17, 15) is 9.59 Å². The summed E-state index contributed by atoms with van der Waals surface area (Å²) in [5.74, 6) is 0.593. The van der Waals surface area contributed by atoms with Crippen molar-refractivity contribution >= 4 is 38.7 Å². The molecule has 1 heterocycles. The summed E-state index contributed by atoms with van der Waals surface area (Å²) in [5, 5.41) is 0.663. The second-order valence-corrected chi connectivity index (χ2v) is 8.60. The highest BCUT2D eigenvalue weighted by molar-refractivity contribution is 9.10. The smallest absolute Gasteiger partial charge is 0.306 e. The Morgan fingerprint density at radius 3 is 2.26 bits per heavy atom. The third-order valence-electron chi connectivity index (χ3n) is 4.28. The number of esters is 1. The molecule has 0 aliphatic rings. The summed E-state index contributed by atoms with van der Waals surface area (Å²) < 4.78 is 17.5. The number of benzene rings is 2. The SMILES string of the molecule is CC.COc1ccc2oc(CCC(=O)OC(C)(C)C)c(C(=O)c3ccc(Br)cc3)c2c1. The van der Waals surface area contributed by atoms with Gasteiger partial charge < -0.3 is 13.9 Å². The molecule has 0 spiro atoms. The summed E-state index contributed by atoms with van der Waals surface area (Å²) in [4.78, 5) is 25.5. The number of carbonyl (C=O) groups is 2. The van der Waals surface area contributed by atoms with Crippen LogP contribution in [0.5, 0.6) is 5.75 Å². The Morgan fingerprint density at radius 2 is 1.68 bits per heavy atom. The summed E-state index contributed by atoms with van der Waals surface area (Å²) in [6.45, 7) is 9.46. The quantitative estimate of drug-likeness (QED) is 0.284. The van der Waals surface area contributed by atoms with Gasteiger partial charge in [0.05, 0.1) is 19.1 Å². The molecule has 5 nitrogen and oxygen atoms in total. The van der Waals surface area contributed by atoms with Crippen LogP contribution in [0.25, 0.3) is 11.0 Å². The summed E-state index contributed by atoms with van der Waals surface area (Å²) >= 11 is 3.38. The van der Waals surface area contributed by atoms with Crippen LogP contribution < -0.4 is 4.74 Å². The van der Waals surface area contributed by atoms with E-state index < -0.39 is 5.60 Å². The first-order valence-corrected chi connectivity index (χ1v) is 11.1. The van der Waals surface area contributed by atoms with Crippen molar-refractivity contribution < 1.29 is 23.5 Å². The first kappa shape index (κ1) is 24.7. The largest absolute Gasteiger partial charge is 0.497 e. The van der Waals surface area contributed by atoms with Gasteiger partial charge in [0, 0.05) is 21.8 Å². The fraction of sp³-hybridized carbons (Fsp3) is 0.360. The number of methoxy groups -OCH3 is 1.